The number of nitrogens with one attached hydrogen (secondary N) is 2. The normalized spacial score (nSPS) is 17.7. The van der Waals surface area contributed by atoms with Gasteiger partial charge in [-0.05, 0) is 36.4 Å². The number of nitrogens with zero attached hydrogens (tertiary/aromatic N) is 6. The van der Waals surface area contributed by atoms with Crippen molar-refractivity contribution in [2.45, 2.75) is 38.0 Å². The molecule has 4 aromatic rings. The Morgan fingerprint density at radius 1 is 1.02 bits per heavy atom. The van der Waals surface area contributed by atoms with Crippen molar-refractivity contribution >= 4 is 40.2 Å². The van der Waals surface area contributed by atoms with E-state index in [0.717, 1.165) is 35.7 Å². The Balaban J connectivity index is 1.24. The molecule has 2 aliphatic rings. The summed E-state index contributed by atoms with van der Waals surface area (Å²) in [5.74, 6) is 0.981. The Hall–Kier alpha value is -5.45. The fraction of sp³-hybridized carbons (Fsp3) is 0.378. The molecule has 13 nitrogen and oxygen atoms in total. The van der Waals surface area contributed by atoms with Crippen LogP contribution in [0.2, 0.25) is 0 Å². The molecule has 2 aliphatic heterocycles. The van der Waals surface area contributed by atoms with Crippen molar-refractivity contribution in [3.8, 4) is 11.8 Å². The van der Waals surface area contributed by atoms with Crippen LogP contribution in [0, 0.1) is 11.3 Å². The number of benzene rings is 3. The molecule has 6 rings (SSSR count). The van der Waals surface area contributed by atoms with Crippen molar-refractivity contribution in [1.29, 1.82) is 5.26 Å². The van der Waals surface area contributed by atoms with E-state index >= 15 is 0 Å². The van der Waals surface area contributed by atoms with Crippen LogP contribution in [-0.2, 0) is 11.3 Å². The fourth-order valence-corrected chi connectivity index (χ4v) is 6.63. The largest absolute Gasteiger partial charge is 0.497 e. The van der Waals surface area contributed by atoms with E-state index in [0.29, 0.717) is 55.9 Å². The summed E-state index contributed by atoms with van der Waals surface area (Å²) in [6.45, 7) is 3.30. The van der Waals surface area contributed by atoms with Crippen LogP contribution in [0.15, 0.2) is 72.8 Å². The van der Waals surface area contributed by atoms with Gasteiger partial charge in [-0.2, -0.15) is 10.2 Å². The van der Waals surface area contributed by atoms with E-state index in [-0.39, 0.29) is 31.4 Å². The number of fused-ring (bicyclic) bond motifs is 1. The van der Waals surface area contributed by atoms with Gasteiger partial charge in [0.05, 0.1) is 37.9 Å². The topological polar surface area (TPSA) is 156 Å². The summed E-state index contributed by atoms with van der Waals surface area (Å²) in [7, 11) is 1.58. The van der Waals surface area contributed by atoms with Crippen LogP contribution in [-0.4, -0.2) is 102 Å². The molecule has 3 aromatic carbocycles. The number of hydrogen-bond donors (Lipinski definition) is 3. The van der Waals surface area contributed by atoms with E-state index in [1.54, 1.807) is 24.1 Å². The standard InChI is InChI=1S/C37H42N8O5/c1-49-30-20-27-10-5-6-12-31(27)32(21-30)40-35(47)33-22-34(42-36(41-33)39-23-28-11-7-15-43(28)18-19-46)44-16-17-45(29(24-44)13-14-38)37(48)50-25-26-8-3-2-4-9-26/h2-6,8-10,12,20-22,28-29,46H,7,11,13,15-19,23-25H2,1H3,(H,40,47)(H,39,41,42)/t28-,29-/m0/s1. The predicted molar refractivity (Wildman–Crippen MR) is 190 cm³/mol. The number of nitriles is 1. The number of carbonyl (C=O) groups excluding carboxylic acids is 2. The first-order valence-corrected chi connectivity index (χ1v) is 16.9. The number of amides is 2. The average molecular weight is 679 g/mol. The van der Waals surface area contributed by atoms with Crippen LogP contribution in [0.25, 0.3) is 10.8 Å². The number of rotatable bonds is 12. The smallest absolute Gasteiger partial charge is 0.410 e. The highest BCUT2D eigenvalue weighted by atomic mass is 16.6. The zero-order valence-corrected chi connectivity index (χ0v) is 28.1. The molecule has 50 heavy (non-hydrogen) atoms. The van der Waals surface area contributed by atoms with E-state index in [9.17, 15) is 20.0 Å². The minimum absolute atomic E-state index is 0.0847. The second-order valence-electron chi connectivity index (χ2n) is 12.4. The van der Waals surface area contributed by atoms with Gasteiger partial charge in [-0.3, -0.25) is 9.69 Å². The third-order valence-corrected chi connectivity index (χ3v) is 9.22. The molecule has 260 valence electrons. The predicted octanol–water partition coefficient (Wildman–Crippen LogP) is 4.50. The molecule has 13 heteroatoms. The first-order chi connectivity index (χ1) is 24.4. The third-order valence-electron chi connectivity index (χ3n) is 9.22. The van der Waals surface area contributed by atoms with E-state index in [4.69, 9.17) is 14.5 Å². The molecule has 3 N–H and O–H groups in total. The average Bonchev–Trinajstić information content (AvgIpc) is 3.60. The van der Waals surface area contributed by atoms with E-state index in [1.807, 2.05) is 65.6 Å². The number of aliphatic hydroxyl groups excluding tert-OH is 1. The molecule has 0 bridgehead atoms. The van der Waals surface area contributed by atoms with Gasteiger partial charge in [-0.1, -0.05) is 54.6 Å². The lowest BCUT2D eigenvalue weighted by atomic mass is 10.1. The van der Waals surface area contributed by atoms with Gasteiger partial charge in [0.25, 0.3) is 5.91 Å². The Bertz CT molecular complexity index is 1830. The quantitative estimate of drug-likeness (QED) is 0.194. The number of aliphatic hydroxyl groups is 1. The number of carbonyl (C=O) groups is 2. The monoisotopic (exact) mass is 678 g/mol. The highest BCUT2D eigenvalue weighted by Crippen LogP contribution is 2.30. The Morgan fingerprint density at radius 2 is 1.84 bits per heavy atom. The summed E-state index contributed by atoms with van der Waals surface area (Å²) in [6, 6.07) is 24.5. The van der Waals surface area contributed by atoms with Crippen molar-refractivity contribution in [3.63, 3.8) is 0 Å². The molecule has 2 atom stereocenters. The van der Waals surface area contributed by atoms with Crippen LogP contribution in [0.3, 0.4) is 0 Å². The highest BCUT2D eigenvalue weighted by Gasteiger charge is 2.33. The number of aromatic nitrogens is 2. The lowest BCUT2D eigenvalue weighted by Gasteiger charge is -2.40. The second kappa shape index (κ2) is 16.3. The van der Waals surface area contributed by atoms with Gasteiger partial charge in [0.2, 0.25) is 5.95 Å². The molecule has 2 amide bonds. The molecular formula is C37H42N8O5. The number of piperazine rings is 1. The van der Waals surface area contributed by atoms with E-state index in [1.165, 1.54) is 0 Å². The summed E-state index contributed by atoms with van der Waals surface area (Å²) < 4.78 is 11.1. The number of hydrogen-bond acceptors (Lipinski definition) is 11. The number of anilines is 3. The first-order valence-electron chi connectivity index (χ1n) is 16.9. The summed E-state index contributed by atoms with van der Waals surface area (Å²) in [5, 5.41) is 27.3. The molecule has 0 saturated carbocycles. The molecule has 2 saturated heterocycles. The van der Waals surface area contributed by atoms with Crippen LogP contribution >= 0.6 is 0 Å². The van der Waals surface area contributed by atoms with Crippen molar-refractivity contribution in [3.05, 3.63) is 84.1 Å². The van der Waals surface area contributed by atoms with Crippen molar-refractivity contribution in [2.75, 3.05) is 68.5 Å². The van der Waals surface area contributed by atoms with Crippen LogP contribution in [0.5, 0.6) is 5.75 Å². The molecular weight excluding hydrogens is 636 g/mol. The number of methoxy groups -OCH3 is 1. The first kappa shape index (κ1) is 34.4. The molecule has 0 aliphatic carbocycles. The van der Waals surface area contributed by atoms with Crippen LogP contribution in [0.4, 0.5) is 22.2 Å². The van der Waals surface area contributed by atoms with Gasteiger partial charge in [0.1, 0.15) is 23.9 Å². The van der Waals surface area contributed by atoms with Gasteiger partial charge in [-0.15, -0.1) is 0 Å². The van der Waals surface area contributed by atoms with E-state index < -0.39 is 18.0 Å². The molecule has 3 heterocycles. The number of β-amino-alcohol motifs (C(OH)–C–C–N with tert-alkyl or cyclic N) is 1. The van der Waals surface area contributed by atoms with Crippen molar-refractivity contribution < 1.29 is 24.2 Å². The summed E-state index contributed by atoms with van der Waals surface area (Å²) in [4.78, 5) is 42.3. The van der Waals surface area contributed by atoms with Gasteiger partial charge in [-0.25, -0.2) is 9.78 Å². The summed E-state index contributed by atoms with van der Waals surface area (Å²) in [5.41, 5.74) is 1.62. The maximum atomic E-state index is 13.9. The van der Waals surface area contributed by atoms with Crippen molar-refractivity contribution in [1.82, 2.24) is 19.8 Å². The summed E-state index contributed by atoms with van der Waals surface area (Å²) in [6.07, 6.45) is 1.63. The minimum Gasteiger partial charge on any atom is -0.497 e. The van der Waals surface area contributed by atoms with Crippen molar-refractivity contribution in [2.24, 2.45) is 0 Å². The molecule has 0 spiro atoms. The Morgan fingerprint density at radius 3 is 2.64 bits per heavy atom. The lowest BCUT2D eigenvalue weighted by Crippen LogP contribution is -2.55. The zero-order chi connectivity index (χ0) is 34.9. The Labute approximate surface area is 291 Å². The van der Waals surface area contributed by atoms with Crippen LogP contribution < -0.4 is 20.3 Å². The number of likely N-dealkylation sites (tertiary alicyclic amines) is 1. The zero-order valence-electron chi connectivity index (χ0n) is 28.1. The fourth-order valence-electron chi connectivity index (χ4n) is 6.63. The van der Waals surface area contributed by atoms with Crippen LogP contribution in [0.1, 0.15) is 35.3 Å². The maximum Gasteiger partial charge on any atom is 0.410 e. The maximum absolute atomic E-state index is 13.9. The molecule has 0 unspecified atom stereocenters. The lowest BCUT2D eigenvalue weighted by molar-refractivity contribution is 0.0768. The molecule has 1 aromatic heterocycles. The van der Waals surface area contributed by atoms with Gasteiger partial charge < -0.3 is 35.0 Å². The second-order valence-corrected chi connectivity index (χ2v) is 12.4. The third kappa shape index (κ3) is 8.22. The Kier molecular flexibility index (Phi) is 11.2. The number of ether oxygens (including phenoxy) is 2. The molecule has 0 radical (unpaired) electrons. The highest BCUT2D eigenvalue weighted by molar-refractivity contribution is 6.09. The van der Waals surface area contributed by atoms with E-state index in [2.05, 4.69) is 26.6 Å². The SMILES string of the molecule is COc1cc(NC(=O)c2cc(N3CCN(C(=O)OCc4ccccc4)[C@@H](CC#N)C3)nc(NC[C@@H]3CCCN3CCO)n2)c2ccccc2c1. The van der Waals surface area contributed by atoms with Gasteiger partial charge in [0.15, 0.2) is 0 Å². The van der Waals surface area contributed by atoms with Gasteiger partial charge in [0, 0.05) is 56.3 Å². The van der Waals surface area contributed by atoms with Gasteiger partial charge >= 0.3 is 6.09 Å². The minimum atomic E-state index is -0.478. The summed E-state index contributed by atoms with van der Waals surface area (Å²) >= 11 is 0. The molecule has 2 fully saturated rings.